The van der Waals surface area contributed by atoms with Gasteiger partial charge in [0.05, 0.1) is 10.8 Å². The predicted molar refractivity (Wildman–Crippen MR) is 103 cm³/mol. The molecule has 0 N–H and O–H groups in total. The van der Waals surface area contributed by atoms with Crippen LogP contribution in [0.4, 0.5) is 4.39 Å². The number of rotatable bonds is 5. The summed E-state index contributed by atoms with van der Waals surface area (Å²) in [7, 11) is 0. The van der Waals surface area contributed by atoms with Crippen LogP contribution in [-0.2, 0) is 11.3 Å². The van der Waals surface area contributed by atoms with Gasteiger partial charge in [-0.15, -0.1) is 11.3 Å². The molecule has 27 heavy (non-hydrogen) atoms. The standard InChI is InChI=1S/C21H23FN2O2S/c22-17-7-5-15(6-8-17)13-24(18-9-10-18)20(25)16-3-1-11-23(14-16)21(26)19-4-2-12-27-19/h2,4-8,12,16,18H,1,3,9-11,13-14H2. The Bertz CT molecular complexity index is 802. The van der Waals surface area contributed by atoms with Crippen molar-refractivity contribution >= 4 is 23.2 Å². The van der Waals surface area contributed by atoms with Crippen molar-refractivity contribution in [2.24, 2.45) is 5.92 Å². The number of halogens is 1. The van der Waals surface area contributed by atoms with E-state index in [1.807, 2.05) is 27.3 Å². The zero-order valence-electron chi connectivity index (χ0n) is 15.1. The second kappa shape index (κ2) is 7.80. The van der Waals surface area contributed by atoms with Crippen LogP contribution in [-0.4, -0.2) is 40.7 Å². The quantitative estimate of drug-likeness (QED) is 0.781. The molecule has 1 aliphatic carbocycles. The van der Waals surface area contributed by atoms with Gasteiger partial charge in [0.1, 0.15) is 5.82 Å². The summed E-state index contributed by atoms with van der Waals surface area (Å²) in [6, 6.07) is 10.4. The number of thiophene rings is 1. The Kier molecular flexibility index (Phi) is 5.25. The number of hydrogen-bond donors (Lipinski definition) is 0. The van der Waals surface area contributed by atoms with Crippen LogP contribution < -0.4 is 0 Å². The van der Waals surface area contributed by atoms with Crippen molar-refractivity contribution in [1.29, 1.82) is 0 Å². The van der Waals surface area contributed by atoms with E-state index in [-0.39, 0.29) is 29.6 Å². The van der Waals surface area contributed by atoms with Crippen molar-refractivity contribution in [3.8, 4) is 0 Å². The van der Waals surface area contributed by atoms with Gasteiger partial charge in [-0.05, 0) is 54.8 Å². The Morgan fingerprint density at radius 3 is 2.59 bits per heavy atom. The highest BCUT2D eigenvalue weighted by molar-refractivity contribution is 7.12. The Morgan fingerprint density at radius 2 is 1.93 bits per heavy atom. The van der Waals surface area contributed by atoms with E-state index in [2.05, 4.69) is 0 Å². The number of carbonyl (C=O) groups excluding carboxylic acids is 2. The van der Waals surface area contributed by atoms with E-state index >= 15 is 0 Å². The highest BCUT2D eigenvalue weighted by Gasteiger charge is 2.38. The fourth-order valence-corrected chi connectivity index (χ4v) is 4.40. The molecule has 4 rings (SSSR count). The Hall–Kier alpha value is -2.21. The maximum absolute atomic E-state index is 13.2. The topological polar surface area (TPSA) is 40.6 Å². The monoisotopic (exact) mass is 386 g/mol. The average molecular weight is 386 g/mol. The summed E-state index contributed by atoms with van der Waals surface area (Å²) < 4.78 is 13.2. The highest BCUT2D eigenvalue weighted by atomic mass is 32.1. The number of piperidine rings is 1. The van der Waals surface area contributed by atoms with Gasteiger partial charge in [0.15, 0.2) is 0 Å². The zero-order chi connectivity index (χ0) is 18.8. The van der Waals surface area contributed by atoms with Gasteiger partial charge in [0.2, 0.25) is 5.91 Å². The van der Waals surface area contributed by atoms with Crippen LogP contribution in [0.3, 0.4) is 0 Å². The molecule has 1 aromatic heterocycles. The minimum atomic E-state index is -0.266. The molecular formula is C21H23FN2O2S. The number of nitrogens with zero attached hydrogens (tertiary/aromatic N) is 2. The summed E-state index contributed by atoms with van der Waals surface area (Å²) in [5, 5.41) is 1.90. The van der Waals surface area contributed by atoms with Gasteiger partial charge in [-0.25, -0.2) is 4.39 Å². The number of benzene rings is 1. The molecule has 0 bridgehead atoms. The average Bonchev–Trinajstić information content (AvgIpc) is 3.39. The summed E-state index contributed by atoms with van der Waals surface area (Å²) in [6.07, 6.45) is 3.72. The zero-order valence-corrected chi connectivity index (χ0v) is 16.0. The molecule has 0 spiro atoms. The van der Waals surface area contributed by atoms with E-state index in [0.29, 0.717) is 19.6 Å². The first kappa shape index (κ1) is 18.2. The third-order valence-corrected chi connectivity index (χ3v) is 6.18. The van der Waals surface area contributed by atoms with E-state index in [0.717, 1.165) is 36.1 Å². The molecule has 1 aliphatic heterocycles. The summed E-state index contributed by atoms with van der Waals surface area (Å²) in [6.45, 7) is 1.71. The SMILES string of the molecule is O=C(c1cccs1)N1CCCC(C(=O)N(Cc2ccc(F)cc2)C2CC2)C1. The lowest BCUT2D eigenvalue weighted by Crippen LogP contribution is -2.47. The lowest BCUT2D eigenvalue weighted by Gasteiger charge is -2.35. The van der Waals surface area contributed by atoms with Gasteiger partial charge < -0.3 is 9.80 Å². The molecule has 2 heterocycles. The van der Waals surface area contributed by atoms with Gasteiger partial charge in [-0.2, -0.15) is 0 Å². The van der Waals surface area contributed by atoms with Crippen LogP contribution in [0.2, 0.25) is 0 Å². The first-order valence-electron chi connectivity index (χ1n) is 9.49. The predicted octanol–water partition coefficient (Wildman–Crippen LogP) is 3.93. The van der Waals surface area contributed by atoms with Crippen molar-refractivity contribution in [2.75, 3.05) is 13.1 Å². The van der Waals surface area contributed by atoms with Crippen LogP contribution in [0.1, 0.15) is 40.9 Å². The normalized spacial score (nSPS) is 19.7. The first-order valence-corrected chi connectivity index (χ1v) is 10.4. The molecule has 1 saturated carbocycles. The second-order valence-electron chi connectivity index (χ2n) is 7.39. The maximum Gasteiger partial charge on any atom is 0.263 e. The molecule has 4 nitrogen and oxygen atoms in total. The minimum Gasteiger partial charge on any atom is -0.337 e. The molecule has 1 unspecified atom stereocenters. The molecule has 0 radical (unpaired) electrons. The Labute approximate surface area is 162 Å². The number of likely N-dealkylation sites (tertiary alicyclic amines) is 1. The van der Waals surface area contributed by atoms with Gasteiger partial charge in [-0.3, -0.25) is 9.59 Å². The molecule has 1 saturated heterocycles. The lowest BCUT2D eigenvalue weighted by molar-refractivity contribution is -0.138. The summed E-state index contributed by atoms with van der Waals surface area (Å²) >= 11 is 1.44. The van der Waals surface area contributed by atoms with Crippen LogP contribution in [0.25, 0.3) is 0 Å². The molecule has 2 aromatic rings. The molecular weight excluding hydrogens is 363 g/mol. The van der Waals surface area contributed by atoms with Crippen molar-refractivity contribution in [1.82, 2.24) is 9.80 Å². The molecule has 142 valence electrons. The smallest absolute Gasteiger partial charge is 0.263 e. The maximum atomic E-state index is 13.2. The van der Waals surface area contributed by atoms with Crippen molar-refractivity contribution in [3.63, 3.8) is 0 Å². The van der Waals surface area contributed by atoms with Gasteiger partial charge in [0, 0.05) is 25.7 Å². The van der Waals surface area contributed by atoms with Crippen LogP contribution in [0, 0.1) is 11.7 Å². The van der Waals surface area contributed by atoms with Crippen molar-refractivity contribution < 1.29 is 14.0 Å². The molecule has 2 fully saturated rings. The Morgan fingerprint density at radius 1 is 1.15 bits per heavy atom. The van der Waals surface area contributed by atoms with E-state index < -0.39 is 0 Å². The van der Waals surface area contributed by atoms with Crippen LogP contribution in [0.5, 0.6) is 0 Å². The molecule has 2 amide bonds. The third-order valence-electron chi connectivity index (χ3n) is 5.33. The van der Waals surface area contributed by atoms with Crippen LogP contribution in [0.15, 0.2) is 41.8 Å². The fourth-order valence-electron chi connectivity index (χ4n) is 3.71. The van der Waals surface area contributed by atoms with Crippen molar-refractivity contribution in [2.45, 2.75) is 38.3 Å². The van der Waals surface area contributed by atoms with E-state index in [9.17, 15) is 14.0 Å². The van der Waals surface area contributed by atoms with E-state index in [1.54, 1.807) is 12.1 Å². The van der Waals surface area contributed by atoms with E-state index in [4.69, 9.17) is 0 Å². The summed E-state index contributed by atoms with van der Waals surface area (Å²) in [5.41, 5.74) is 0.943. The highest BCUT2D eigenvalue weighted by Crippen LogP contribution is 2.32. The first-order chi connectivity index (χ1) is 13.1. The van der Waals surface area contributed by atoms with Gasteiger partial charge in [-0.1, -0.05) is 18.2 Å². The molecule has 1 atom stereocenters. The van der Waals surface area contributed by atoms with Gasteiger partial charge >= 0.3 is 0 Å². The van der Waals surface area contributed by atoms with Crippen LogP contribution >= 0.6 is 11.3 Å². The molecule has 6 heteroatoms. The minimum absolute atomic E-state index is 0.0269. The third kappa shape index (κ3) is 4.21. The largest absolute Gasteiger partial charge is 0.337 e. The van der Waals surface area contributed by atoms with Crippen molar-refractivity contribution in [3.05, 3.63) is 58.0 Å². The van der Waals surface area contributed by atoms with Gasteiger partial charge in [0.25, 0.3) is 5.91 Å². The Balaban J connectivity index is 1.44. The molecule has 2 aliphatic rings. The number of amides is 2. The summed E-state index contributed by atoms with van der Waals surface area (Å²) in [4.78, 5) is 30.4. The summed E-state index contributed by atoms with van der Waals surface area (Å²) in [5.74, 6) is -0.258. The second-order valence-corrected chi connectivity index (χ2v) is 8.34. The fraction of sp³-hybridized carbons (Fsp3) is 0.429. The van der Waals surface area contributed by atoms with E-state index in [1.165, 1.54) is 23.5 Å². The number of carbonyl (C=O) groups is 2. The molecule has 1 aromatic carbocycles. The number of hydrogen-bond acceptors (Lipinski definition) is 3. The lowest BCUT2D eigenvalue weighted by atomic mass is 9.96.